The first kappa shape index (κ1) is 12.9. The summed E-state index contributed by atoms with van der Waals surface area (Å²) in [6.45, 7) is 1.00. The van der Waals surface area contributed by atoms with Gasteiger partial charge in [0, 0.05) is 6.42 Å². The van der Waals surface area contributed by atoms with Gasteiger partial charge in [-0.05, 0) is 37.4 Å². The van der Waals surface area contributed by atoms with Crippen LogP contribution in [0.3, 0.4) is 0 Å². The summed E-state index contributed by atoms with van der Waals surface area (Å²) < 4.78 is 11.0. The van der Waals surface area contributed by atoms with Crippen LogP contribution in [0.5, 0.6) is 11.5 Å². The Kier molecular flexibility index (Phi) is 4.20. The normalized spacial score (nSPS) is 14.3. The second-order valence-electron chi connectivity index (χ2n) is 4.55. The highest BCUT2D eigenvalue weighted by molar-refractivity contribution is 5.99. The van der Waals surface area contributed by atoms with E-state index in [4.69, 9.17) is 15.2 Å². The Bertz CT molecular complexity index is 427. The molecule has 0 amide bonds. The second kappa shape index (κ2) is 5.87. The molecule has 1 aromatic rings. The van der Waals surface area contributed by atoms with Gasteiger partial charge in [0.1, 0.15) is 0 Å². The van der Waals surface area contributed by atoms with Gasteiger partial charge in [-0.25, -0.2) is 0 Å². The highest BCUT2D eigenvalue weighted by Crippen LogP contribution is 2.35. The molecule has 0 unspecified atom stereocenters. The first-order valence-corrected chi connectivity index (χ1v) is 6.29. The van der Waals surface area contributed by atoms with Gasteiger partial charge in [0.15, 0.2) is 17.3 Å². The van der Waals surface area contributed by atoms with Crippen molar-refractivity contribution in [1.29, 1.82) is 0 Å². The number of Topliss-reactive ketones (excluding diaryl/α,β-unsaturated/α-hetero) is 1. The molecule has 0 radical (unpaired) electrons. The van der Waals surface area contributed by atoms with Crippen molar-refractivity contribution in [3.63, 3.8) is 0 Å². The zero-order valence-electron chi connectivity index (χ0n) is 10.6. The highest BCUT2D eigenvalue weighted by Gasteiger charge is 2.24. The molecule has 1 aromatic carbocycles. The molecule has 1 saturated carbocycles. The van der Waals surface area contributed by atoms with Gasteiger partial charge in [0.25, 0.3) is 0 Å². The molecule has 98 valence electrons. The molecule has 0 atom stereocenters. The fourth-order valence-electron chi connectivity index (χ4n) is 1.80. The SMILES string of the molecule is COc1cccc(C(=O)CCN)c1OCC1CC1. The fraction of sp³-hybridized carbons (Fsp3) is 0.500. The Balaban J connectivity index is 2.21. The lowest BCUT2D eigenvalue weighted by Crippen LogP contribution is -2.11. The molecule has 0 bridgehead atoms. The maximum atomic E-state index is 12.0. The van der Waals surface area contributed by atoms with Gasteiger partial charge in [-0.3, -0.25) is 4.79 Å². The van der Waals surface area contributed by atoms with E-state index in [1.807, 2.05) is 6.07 Å². The van der Waals surface area contributed by atoms with E-state index in [-0.39, 0.29) is 5.78 Å². The van der Waals surface area contributed by atoms with Gasteiger partial charge in [-0.15, -0.1) is 0 Å². The van der Waals surface area contributed by atoms with E-state index >= 15 is 0 Å². The lowest BCUT2D eigenvalue weighted by molar-refractivity contribution is 0.0980. The molecule has 2 rings (SSSR count). The Morgan fingerprint density at radius 1 is 1.44 bits per heavy atom. The first-order chi connectivity index (χ1) is 8.76. The number of rotatable bonds is 7. The van der Waals surface area contributed by atoms with Crippen LogP contribution in [-0.4, -0.2) is 26.0 Å². The molecule has 1 fully saturated rings. The molecule has 0 aromatic heterocycles. The molecule has 4 heteroatoms. The molecule has 18 heavy (non-hydrogen) atoms. The minimum Gasteiger partial charge on any atom is -0.493 e. The van der Waals surface area contributed by atoms with Crippen molar-refractivity contribution in [3.05, 3.63) is 23.8 Å². The zero-order chi connectivity index (χ0) is 13.0. The van der Waals surface area contributed by atoms with Crippen LogP contribution in [0.4, 0.5) is 0 Å². The fourth-order valence-corrected chi connectivity index (χ4v) is 1.80. The van der Waals surface area contributed by atoms with Crippen LogP contribution >= 0.6 is 0 Å². The summed E-state index contributed by atoms with van der Waals surface area (Å²) in [6.07, 6.45) is 2.75. The standard InChI is InChI=1S/C14H19NO3/c1-17-13-4-2-3-11(12(16)7-8-15)14(13)18-9-10-5-6-10/h2-4,10H,5-9,15H2,1H3. The highest BCUT2D eigenvalue weighted by atomic mass is 16.5. The van der Waals surface area contributed by atoms with Crippen molar-refractivity contribution in [2.24, 2.45) is 11.7 Å². The number of ether oxygens (including phenoxy) is 2. The molecule has 0 spiro atoms. The van der Waals surface area contributed by atoms with Gasteiger partial charge in [0.05, 0.1) is 19.3 Å². The van der Waals surface area contributed by atoms with Crippen LogP contribution in [-0.2, 0) is 0 Å². The number of carbonyl (C=O) groups is 1. The average Bonchev–Trinajstić information content (AvgIpc) is 3.20. The molecule has 2 N–H and O–H groups in total. The Hall–Kier alpha value is -1.55. The van der Waals surface area contributed by atoms with E-state index in [1.54, 1.807) is 19.2 Å². The third kappa shape index (κ3) is 3.01. The van der Waals surface area contributed by atoms with Gasteiger partial charge in [-0.2, -0.15) is 0 Å². The third-order valence-electron chi connectivity index (χ3n) is 3.03. The smallest absolute Gasteiger partial charge is 0.171 e. The molecule has 0 aliphatic heterocycles. The Morgan fingerprint density at radius 2 is 2.22 bits per heavy atom. The third-order valence-corrected chi connectivity index (χ3v) is 3.03. The molecule has 1 aliphatic carbocycles. The Morgan fingerprint density at radius 3 is 2.83 bits per heavy atom. The van der Waals surface area contributed by atoms with Crippen LogP contribution in [0.25, 0.3) is 0 Å². The summed E-state index contributed by atoms with van der Waals surface area (Å²) in [7, 11) is 1.58. The number of benzene rings is 1. The average molecular weight is 249 g/mol. The van der Waals surface area contributed by atoms with E-state index in [0.29, 0.717) is 42.6 Å². The van der Waals surface area contributed by atoms with Crippen molar-refractivity contribution in [1.82, 2.24) is 0 Å². The largest absolute Gasteiger partial charge is 0.493 e. The molecule has 1 aliphatic rings. The van der Waals surface area contributed by atoms with E-state index in [9.17, 15) is 4.79 Å². The predicted octanol–water partition coefficient (Wildman–Crippen LogP) is 2.02. The van der Waals surface area contributed by atoms with Gasteiger partial charge in [0.2, 0.25) is 0 Å². The van der Waals surface area contributed by atoms with Gasteiger partial charge < -0.3 is 15.2 Å². The first-order valence-electron chi connectivity index (χ1n) is 6.29. The number of ketones is 1. The van der Waals surface area contributed by atoms with Crippen molar-refractivity contribution in [3.8, 4) is 11.5 Å². The summed E-state index contributed by atoms with van der Waals surface area (Å²) >= 11 is 0. The van der Waals surface area contributed by atoms with Crippen LogP contribution in [0.15, 0.2) is 18.2 Å². The predicted molar refractivity (Wildman–Crippen MR) is 69.2 cm³/mol. The van der Waals surface area contributed by atoms with Crippen molar-refractivity contribution < 1.29 is 14.3 Å². The summed E-state index contributed by atoms with van der Waals surface area (Å²) in [5.41, 5.74) is 6.00. The lowest BCUT2D eigenvalue weighted by atomic mass is 10.1. The molecule has 0 heterocycles. The maximum absolute atomic E-state index is 12.0. The number of carbonyl (C=O) groups excluding carboxylic acids is 1. The number of para-hydroxylation sites is 1. The quantitative estimate of drug-likeness (QED) is 0.751. The van der Waals surface area contributed by atoms with E-state index < -0.39 is 0 Å². The number of hydrogen-bond donors (Lipinski definition) is 1. The van der Waals surface area contributed by atoms with Crippen LogP contribution in [0.1, 0.15) is 29.6 Å². The maximum Gasteiger partial charge on any atom is 0.171 e. The Labute approximate surface area is 107 Å². The van der Waals surface area contributed by atoms with Crippen LogP contribution in [0.2, 0.25) is 0 Å². The number of nitrogens with two attached hydrogens (primary N) is 1. The number of hydrogen-bond acceptors (Lipinski definition) is 4. The summed E-state index contributed by atoms with van der Waals surface area (Å²) in [5, 5.41) is 0. The van der Waals surface area contributed by atoms with Crippen LogP contribution in [0, 0.1) is 5.92 Å². The van der Waals surface area contributed by atoms with Crippen LogP contribution < -0.4 is 15.2 Å². The summed E-state index contributed by atoms with van der Waals surface area (Å²) in [5.74, 6) is 1.80. The number of methoxy groups -OCH3 is 1. The molecule has 4 nitrogen and oxygen atoms in total. The molecule has 0 saturated heterocycles. The van der Waals surface area contributed by atoms with Gasteiger partial charge in [-0.1, -0.05) is 6.07 Å². The van der Waals surface area contributed by atoms with E-state index in [1.165, 1.54) is 12.8 Å². The minimum absolute atomic E-state index is 0.00203. The van der Waals surface area contributed by atoms with Gasteiger partial charge >= 0.3 is 0 Å². The monoisotopic (exact) mass is 249 g/mol. The summed E-state index contributed by atoms with van der Waals surface area (Å²) in [4.78, 5) is 12.0. The van der Waals surface area contributed by atoms with Crippen molar-refractivity contribution >= 4 is 5.78 Å². The molecular formula is C14H19NO3. The lowest BCUT2D eigenvalue weighted by Gasteiger charge is -2.14. The van der Waals surface area contributed by atoms with Crippen molar-refractivity contribution in [2.75, 3.05) is 20.3 Å². The topological polar surface area (TPSA) is 61.5 Å². The molecular weight excluding hydrogens is 230 g/mol. The van der Waals surface area contributed by atoms with E-state index in [0.717, 1.165) is 0 Å². The zero-order valence-corrected chi connectivity index (χ0v) is 10.6. The second-order valence-corrected chi connectivity index (χ2v) is 4.55. The van der Waals surface area contributed by atoms with E-state index in [2.05, 4.69) is 0 Å². The van der Waals surface area contributed by atoms with Crippen molar-refractivity contribution in [2.45, 2.75) is 19.3 Å². The summed E-state index contributed by atoms with van der Waals surface area (Å²) in [6, 6.07) is 5.37. The minimum atomic E-state index is 0.00203.